The molecular formula is C10H20N2O. The third-order valence-corrected chi connectivity index (χ3v) is 3.92. The molecule has 0 radical (unpaired) electrons. The Bertz CT molecular complexity index is 197. The second kappa shape index (κ2) is 3.23. The molecule has 13 heavy (non-hydrogen) atoms. The van der Waals surface area contributed by atoms with Gasteiger partial charge in [-0.25, -0.2) is 0 Å². The van der Waals surface area contributed by atoms with Crippen molar-refractivity contribution in [2.75, 3.05) is 40.3 Å². The first-order valence-corrected chi connectivity index (χ1v) is 5.20. The van der Waals surface area contributed by atoms with E-state index in [4.69, 9.17) is 0 Å². The Balaban J connectivity index is 2.22. The molecule has 3 heteroatoms. The van der Waals surface area contributed by atoms with E-state index in [0.29, 0.717) is 12.5 Å². The largest absolute Gasteiger partial charge is 0.394 e. The average molecular weight is 184 g/mol. The molecule has 0 amide bonds. The Morgan fingerprint density at radius 1 is 1.46 bits per heavy atom. The molecule has 0 aromatic rings. The first-order chi connectivity index (χ1) is 6.19. The molecule has 2 saturated heterocycles. The summed E-state index contributed by atoms with van der Waals surface area (Å²) in [5.74, 6) is 0.682. The van der Waals surface area contributed by atoms with Gasteiger partial charge >= 0.3 is 0 Å². The van der Waals surface area contributed by atoms with Gasteiger partial charge in [0.25, 0.3) is 0 Å². The number of aliphatic hydroxyl groups excluding tert-OH is 1. The van der Waals surface area contributed by atoms with Crippen LogP contribution in [-0.2, 0) is 0 Å². The van der Waals surface area contributed by atoms with Crippen LogP contribution in [0.15, 0.2) is 0 Å². The highest BCUT2D eigenvalue weighted by Gasteiger charge is 2.49. The van der Waals surface area contributed by atoms with Crippen LogP contribution in [0.1, 0.15) is 12.8 Å². The molecule has 0 saturated carbocycles. The smallest absolute Gasteiger partial charge is 0.0631 e. The topological polar surface area (TPSA) is 26.7 Å². The third kappa shape index (κ3) is 1.30. The van der Waals surface area contributed by atoms with E-state index in [2.05, 4.69) is 23.9 Å². The van der Waals surface area contributed by atoms with Crippen LogP contribution >= 0.6 is 0 Å². The fourth-order valence-electron chi connectivity index (χ4n) is 3.10. The Morgan fingerprint density at radius 3 is 2.85 bits per heavy atom. The molecule has 3 nitrogen and oxygen atoms in total. The first-order valence-electron chi connectivity index (χ1n) is 5.20. The number of hydrogen-bond donors (Lipinski definition) is 1. The number of fused-ring (bicyclic) bond motifs is 1. The van der Waals surface area contributed by atoms with Crippen LogP contribution in [0.2, 0.25) is 0 Å². The van der Waals surface area contributed by atoms with Crippen molar-refractivity contribution in [3.8, 4) is 0 Å². The van der Waals surface area contributed by atoms with Gasteiger partial charge in [0.15, 0.2) is 0 Å². The summed E-state index contributed by atoms with van der Waals surface area (Å²) in [5, 5.41) is 9.57. The highest BCUT2D eigenvalue weighted by molar-refractivity contribution is 5.05. The summed E-state index contributed by atoms with van der Waals surface area (Å²) in [5.41, 5.74) is 0.0764. The van der Waals surface area contributed by atoms with Crippen LogP contribution < -0.4 is 0 Å². The molecule has 2 aliphatic heterocycles. The molecule has 2 atom stereocenters. The number of nitrogens with zero attached hydrogens (tertiary/aromatic N) is 2. The number of likely N-dealkylation sites (tertiary alicyclic amines) is 2. The van der Waals surface area contributed by atoms with Gasteiger partial charge in [0.2, 0.25) is 0 Å². The molecule has 0 unspecified atom stereocenters. The van der Waals surface area contributed by atoms with E-state index in [1.165, 1.54) is 12.8 Å². The summed E-state index contributed by atoms with van der Waals surface area (Å²) >= 11 is 0. The second-order valence-corrected chi connectivity index (χ2v) is 4.72. The van der Waals surface area contributed by atoms with Crippen molar-refractivity contribution >= 4 is 0 Å². The lowest BCUT2D eigenvalue weighted by molar-refractivity contribution is -0.000729. The minimum Gasteiger partial charge on any atom is -0.394 e. The molecule has 2 rings (SSSR count). The van der Waals surface area contributed by atoms with Crippen molar-refractivity contribution in [3.05, 3.63) is 0 Å². The summed E-state index contributed by atoms with van der Waals surface area (Å²) in [4.78, 5) is 4.72. The van der Waals surface area contributed by atoms with Gasteiger partial charge in [0.1, 0.15) is 0 Å². The monoisotopic (exact) mass is 184 g/mol. The molecule has 0 bridgehead atoms. The van der Waals surface area contributed by atoms with Gasteiger partial charge in [-0.2, -0.15) is 0 Å². The number of aliphatic hydroxyl groups is 1. The molecule has 0 aromatic heterocycles. The quantitative estimate of drug-likeness (QED) is 0.621. The van der Waals surface area contributed by atoms with Gasteiger partial charge in [-0.15, -0.1) is 0 Å². The third-order valence-electron chi connectivity index (χ3n) is 3.92. The van der Waals surface area contributed by atoms with Crippen LogP contribution in [0.5, 0.6) is 0 Å². The number of likely N-dealkylation sites (N-methyl/N-ethyl adjacent to an activating group) is 2. The molecule has 0 spiro atoms. The SMILES string of the molecule is CN1C[C@@H]2CCCN(C)[C@@]2(CO)C1. The van der Waals surface area contributed by atoms with Crippen LogP contribution in [0.4, 0.5) is 0 Å². The van der Waals surface area contributed by atoms with E-state index in [9.17, 15) is 5.11 Å². The maximum absolute atomic E-state index is 9.57. The van der Waals surface area contributed by atoms with E-state index in [-0.39, 0.29) is 5.54 Å². The Morgan fingerprint density at radius 2 is 2.23 bits per heavy atom. The Kier molecular flexibility index (Phi) is 2.34. The van der Waals surface area contributed by atoms with Crippen molar-refractivity contribution in [1.82, 2.24) is 9.80 Å². The summed E-state index contributed by atoms with van der Waals surface area (Å²) in [6.45, 7) is 3.65. The highest BCUT2D eigenvalue weighted by Crippen LogP contribution is 2.38. The maximum atomic E-state index is 9.57. The molecule has 2 aliphatic rings. The minimum absolute atomic E-state index is 0.0764. The predicted octanol–water partition coefficient (Wildman–Crippen LogP) is 0.00470. The van der Waals surface area contributed by atoms with Crippen molar-refractivity contribution in [3.63, 3.8) is 0 Å². The zero-order valence-corrected chi connectivity index (χ0v) is 8.66. The Labute approximate surface area is 80.3 Å². The number of hydrogen-bond acceptors (Lipinski definition) is 3. The average Bonchev–Trinajstić information content (AvgIpc) is 2.44. The zero-order chi connectivity index (χ0) is 9.47. The zero-order valence-electron chi connectivity index (χ0n) is 8.66. The van der Waals surface area contributed by atoms with E-state index in [0.717, 1.165) is 19.6 Å². The van der Waals surface area contributed by atoms with Crippen molar-refractivity contribution in [2.45, 2.75) is 18.4 Å². The van der Waals surface area contributed by atoms with E-state index >= 15 is 0 Å². The van der Waals surface area contributed by atoms with Crippen molar-refractivity contribution < 1.29 is 5.11 Å². The van der Waals surface area contributed by atoms with Gasteiger partial charge in [0.05, 0.1) is 12.1 Å². The van der Waals surface area contributed by atoms with Gasteiger partial charge in [-0.3, -0.25) is 4.90 Å². The summed E-state index contributed by atoms with van der Waals surface area (Å²) in [7, 11) is 4.31. The molecule has 1 N–H and O–H groups in total. The molecule has 0 aliphatic carbocycles. The lowest BCUT2D eigenvalue weighted by Gasteiger charge is -2.45. The van der Waals surface area contributed by atoms with Gasteiger partial charge in [-0.05, 0) is 39.4 Å². The van der Waals surface area contributed by atoms with E-state index < -0.39 is 0 Å². The van der Waals surface area contributed by atoms with Gasteiger partial charge < -0.3 is 10.0 Å². The van der Waals surface area contributed by atoms with Crippen LogP contribution in [0.25, 0.3) is 0 Å². The first kappa shape index (κ1) is 9.44. The fraction of sp³-hybridized carbons (Fsp3) is 1.00. The summed E-state index contributed by atoms with van der Waals surface area (Å²) in [6.07, 6.45) is 2.58. The van der Waals surface area contributed by atoms with E-state index in [1.54, 1.807) is 0 Å². The molecule has 2 fully saturated rings. The van der Waals surface area contributed by atoms with Crippen LogP contribution in [-0.4, -0.2) is 60.8 Å². The maximum Gasteiger partial charge on any atom is 0.0631 e. The second-order valence-electron chi connectivity index (χ2n) is 4.72. The molecule has 76 valence electrons. The van der Waals surface area contributed by atoms with E-state index in [1.807, 2.05) is 0 Å². The summed E-state index contributed by atoms with van der Waals surface area (Å²) < 4.78 is 0. The van der Waals surface area contributed by atoms with Gasteiger partial charge in [-0.1, -0.05) is 0 Å². The number of rotatable bonds is 1. The normalized spacial score (nSPS) is 42.2. The van der Waals surface area contributed by atoms with Crippen LogP contribution in [0.3, 0.4) is 0 Å². The van der Waals surface area contributed by atoms with Crippen molar-refractivity contribution in [2.24, 2.45) is 5.92 Å². The predicted molar refractivity (Wildman–Crippen MR) is 52.7 cm³/mol. The Hall–Kier alpha value is -0.120. The molecule has 0 aromatic carbocycles. The minimum atomic E-state index is 0.0764. The van der Waals surface area contributed by atoms with Crippen LogP contribution in [0, 0.1) is 5.92 Å². The van der Waals surface area contributed by atoms with Gasteiger partial charge in [0, 0.05) is 13.1 Å². The lowest BCUT2D eigenvalue weighted by Crippen LogP contribution is -2.58. The lowest BCUT2D eigenvalue weighted by atomic mass is 9.80. The highest BCUT2D eigenvalue weighted by atomic mass is 16.3. The molecular weight excluding hydrogens is 164 g/mol. The van der Waals surface area contributed by atoms with Crippen molar-refractivity contribution in [1.29, 1.82) is 0 Å². The standard InChI is InChI=1S/C10H20N2O/c1-11-6-9-4-3-5-12(2)10(9,7-11)8-13/h9,13H,3-8H2,1-2H3/t9-,10+/m0/s1. The molecule has 2 heterocycles. The number of piperidine rings is 1. The summed E-state index contributed by atoms with van der Waals surface area (Å²) in [6, 6.07) is 0. The fourth-order valence-corrected chi connectivity index (χ4v) is 3.10.